The molecule has 3 aromatic heterocycles. The Kier molecular flexibility index (Phi) is 9.31. The number of fused-ring (bicyclic) bond motifs is 1. The van der Waals surface area contributed by atoms with Crippen LogP contribution in [0.2, 0.25) is 0 Å². The number of esters is 1. The highest BCUT2D eigenvalue weighted by Gasteiger charge is 2.44. The molecular formula is C15H18N9O14P3S. The molecule has 0 spiro atoms. The maximum absolute atomic E-state index is 12.9. The highest BCUT2D eigenvalue weighted by atomic mass is 32.1. The SMILES string of the molecule is [N-]=[N+]=NCc1ncsc1C(=O)OC1C[C@H](n2cnc3c(=O)[nH]c(N)nc32)O[C@@H]1COP(=O)(O)OP(=O)(O)OP(=O)(O)O. The minimum absolute atomic E-state index is 0.0287. The molecule has 23 nitrogen and oxygen atoms in total. The maximum atomic E-state index is 12.9. The van der Waals surface area contributed by atoms with Gasteiger partial charge in [0.15, 0.2) is 11.2 Å². The second-order valence-corrected chi connectivity index (χ2v) is 13.3. The number of nitrogens with two attached hydrogens (primary N) is 1. The Bertz CT molecular complexity index is 1750. The fourth-order valence-electron chi connectivity index (χ4n) is 3.61. The third-order valence-corrected chi connectivity index (χ3v) is 9.78. The average molecular weight is 673 g/mol. The first-order chi connectivity index (χ1) is 19.6. The molecule has 3 unspecified atom stereocenters. The number of aromatic nitrogens is 5. The van der Waals surface area contributed by atoms with Crippen LogP contribution < -0.4 is 11.3 Å². The third kappa shape index (κ3) is 7.85. The standard InChI is InChI=1S/C15H18N9O14P3S/c16-15-21-12-10(13(25)22-15)18-4-24(12)9-1-7(36-14(26)11-6(2-20-23-17)19-5-42-11)8(35-9)3-34-40(30,31)38-41(32,33)37-39(27,28)29/h4-5,7-9H,1-3H2,(H,30,31)(H,32,33)(H2,27,28,29)(H3,16,21,22,25)/t7?,8-,9-/m1/s1. The van der Waals surface area contributed by atoms with E-state index in [4.69, 9.17) is 30.5 Å². The molecule has 1 aliphatic rings. The van der Waals surface area contributed by atoms with Crippen molar-refractivity contribution in [1.29, 1.82) is 0 Å². The van der Waals surface area contributed by atoms with Gasteiger partial charge in [-0.2, -0.15) is 13.6 Å². The summed E-state index contributed by atoms with van der Waals surface area (Å²) in [5.74, 6) is -1.20. The molecule has 4 rings (SSSR count). The van der Waals surface area contributed by atoms with Crippen molar-refractivity contribution in [3.63, 3.8) is 0 Å². The molecule has 4 heterocycles. The number of carbonyl (C=O) groups excluding carboxylic acids is 1. The molecule has 7 N–H and O–H groups in total. The summed E-state index contributed by atoms with van der Waals surface area (Å²) in [6.45, 7) is -1.23. The number of aromatic amines is 1. The number of carbonyl (C=O) groups is 1. The van der Waals surface area contributed by atoms with Crippen LogP contribution in [0.1, 0.15) is 28.0 Å². The quantitative estimate of drug-likeness (QED) is 0.0509. The molecule has 0 bridgehead atoms. The van der Waals surface area contributed by atoms with Gasteiger partial charge < -0.3 is 34.8 Å². The molecule has 0 saturated carbocycles. The molecule has 0 aliphatic carbocycles. The number of imidazole rings is 1. The smallest absolute Gasteiger partial charge is 0.455 e. The number of phosphoric ester groups is 1. The number of H-pyrrole nitrogens is 1. The molecular weight excluding hydrogens is 655 g/mol. The van der Waals surface area contributed by atoms with Gasteiger partial charge in [-0.1, -0.05) is 5.11 Å². The summed E-state index contributed by atoms with van der Waals surface area (Å²) in [6, 6.07) is 0. The number of rotatable bonds is 12. The fraction of sp³-hybridized carbons (Fsp3) is 0.400. The molecule has 1 aliphatic heterocycles. The van der Waals surface area contributed by atoms with Gasteiger partial charge in [0.1, 0.15) is 23.3 Å². The highest BCUT2D eigenvalue weighted by Crippen LogP contribution is 2.66. The molecule has 42 heavy (non-hydrogen) atoms. The van der Waals surface area contributed by atoms with Crippen LogP contribution in [-0.4, -0.2) is 68.9 Å². The van der Waals surface area contributed by atoms with Crippen LogP contribution in [0.25, 0.3) is 21.6 Å². The molecule has 1 saturated heterocycles. The molecule has 0 aromatic carbocycles. The van der Waals surface area contributed by atoms with E-state index in [1.807, 2.05) is 0 Å². The van der Waals surface area contributed by atoms with Gasteiger partial charge in [0.25, 0.3) is 5.56 Å². The Morgan fingerprint density at radius 1 is 1.26 bits per heavy atom. The van der Waals surface area contributed by atoms with Crippen molar-refractivity contribution >= 4 is 57.9 Å². The lowest BCUT2D eigenvalue weighted by Gasteiger charge is -2.21. The van der Waals surface area contributed by atoms with E-state index in [1.54, 1.807) is 0 Å². The minimum atomic E-state index is -5.80. The Morgan fingerprint density at radius 2 is 2.00 bits per heavy atom. The molecule has 0 amide bonds. The summed E-state index contributed by atoms with van der Waals surface area (Å²) in [7, 11) is -17.0. The van der Waals surface area contributed by atoms with Crippen LogP contribution in [0.4, 0.5) is 5.95 Å². The van der Waals surface area contributed by atoms with E-state index >= 15 is 0 Å². The monoisotopic (exact) mass is 673 g/mol. The Morgan fingerprint density at radius 3 is 2.69 bits per heavy atom. The van der Waals surface area contributed by atoms with Crippen molar-refractivity contribution in [2.45, 2.75) is 31.4 Å². The third-order valence-electron chi connectivity index (χ3n) is 5.13. The van der Waals surface area contributed by atoms with Gasteiger partial charge in [-0.05, 0) is 5.53 Å². The van der Waals surface area contributed by atoms with E-state index in [-0.39, 0.29) is 40.6 Å². The molecule has 5 atom stereocenters. The van der Waals surface area contributed by atoms with E-state index in [0.29, 0.717) is 0 Å². The molecule has 1 fully saturated rings. The largest absolute Gasteiger partial charge is 0.490 e. The van der Waals surface area contributed by atoms with Crippen LogP contribution in [0, 0.1) is 0 Å². The van der Waals surface area contributed by atoms with Crippen LogP contribution in [0.5, 0.6) is 0 Å². The Labute approximate surface area is 235 Å². The van der Waals surface area contributed by atoms with Crippen LogP contribution in [0.15, 0.2) is 21.7 Å². The van der Waals surface area contributed by atoms with Gasteiger partial charge in [-0.15, -0.1) is 11.3 Å². The van der Waals surface area contributed by atoms with Crippen LogP contribution in [0.3, 0.4) is 0 Å². The van der Waals surface area contributed by atoms with Gasteiger partial charge in [0.2, 0.25) is 5.95 Å². The number of anilines is 1. The number of thiazole rings is 1. The van der Waals surface area contributed by atoms with Gasteiger partial charge >= 0.3 is 29.4 Å². The zero-order valence-corrected chi connectivity index (χ0v) is 23.8. The summed E-state index contributed by atoms with van der Waals surface area (Å²) < 4.78 is 59.3. The first-order valence-corrected chi connectivity index (χ1v) is 16.3. The number of nitrogen functional groups attached to an aromatic ring is 1. The highest BCUT2D eigenvalue weighted by molar-refractivity contribution is 7.66. The van der Waals surface area contributed by atoms with Gasteiger partial charge in [0, 0.05) is 11.3 Å². The number of nitrogens with one attached hydrogen (secondary N) is 1. The van der Waals surface area contributed by atoms with Gasteiger partial charge in [0.05, 0.1) is 30.7 Å². The van der Waals surface area contributed by atoms with E-state index in [1.165, 1.54) is 16.4 Å². The van der Waals surface area contributed by atoms with Crippen molar-refractivity contribution in [2.75, 3.05) is 12.3 Å². The van der Waals surface area contributed by atoms with Crippen LogP contribution >= 0.6 is 34.8 Å². The first kappa shape index (κ1) is 31.9. The van der Waals surface area contributed by atoms with Crippen molar-refractivity contribution in [3.05, 3.63) is 43.2 Å². The number of hydrogen-bond donors (Lipinski definition) is 6. The van der Waals surface area contributed by atoms with Crippen molar-refractivity contribution in [2.24, 2.45) is 5.11 Å². The predicted octanol–water partition coefficient (Wildman–Crippen LogP) is 0.825. The topological polar surface area (TPSA) is 347 Å². The van der Waals surface area contributed by atoms with Gasteiger partial charge in [-0.3, -0.25) is 18.9 Å². The lowest BCUT2D eigenvalue weighted by Crippen LogP contribution is -2.31. The maximum Gasteiger partial charge on any atom is 0.490 e. The molecule has 228 valence electrons. The summed E-state index contributed by atoms with van der Waals surface area (Å²) in [4.78, 5) is 78.4. The normalized spacial score (nSPS) is 21.9. The summed E-state index contributed by atoms with van der Waals surface area (Å²) in [5, 5.41) is 3.34. The van der Waals surface area contributed by atoms with E-state index < -0.39 is 60.0 Å². The number of azide groups is 1. The average Bonchev–Trinajstić information content (AvgIpc) is 3.57. The van der Waals surface area contributed by atoms with E-state index in [9.17, 15) is 33.1 Å². The van der Waals surface area contributed by atoms with Crippen molar-refractivity contribution in [3.8, 4) is 0 Å². The summed E-state index contributed by atoms with van der Waals surface area (Å²) >= 11 is 0.865. The van der Waals surface area contributed by atoms with Crippen molar-refractivity contribution < 1.29 is 60.7 Å². The lowest BCUT2D eigenvalue weighted by molar-refractivity contribution is -0.0489. The Balaban J connectivity index is 1.57. The van der Waals surface area contributed by atoms with Gasteiger partial charge in [-0.25, -0.2) is 28.5 Å². The fourth-order valence-corrected chi connectivity index (χ4v) is 7.32. The minimum Gasteiger partial charge on any atom is -0.455 e. The second-order valence-electron chi connectivity index (χ2n) is 7.99. The number of phosphoric acid groups is 3. The zero-order valence-electron chi connectivity index (χ0n) is 20.3. The van der Waals surface area contributed by atoms with Crippen LogP contribution in [-0.2, 0) is 42.9 Å². The molecule has 3 aromatic rings. The summed E-state index contributed by atoms with van der Waals surface area (Å²) in [5.41, 5.74) is 14.7. The Hall–Kier alpha value is -3.07. The predicted molar refractivity (Wildman–Crippen MR) is 135 cm³/mol. The van der Waals surface area contributed by atoms with Crippen molar-refractivity contribution in [1.82, 2.24) is 24.5 Å². The van der Waals surface area contributed by atoms with E-state index in [0.717, 1.165) is 11.3 Å². The second kappa shape index (κ2) is 12.3. The summed E-state index contributed by atoms with van der Waals surface area (Å²) in [6.07, 6.45) is -2.81. The lowest BCUT2D eigenvalue weighted by atomic mass is 10.2. The number of ether oxygens (including phenoxy) is 2. The number of nitrogens with zero attached hydrogens (tertiary/aromatic N) is 7. The zero-order chi connectivity index (χ0) is 30.9. The number of hydrogen-bond acceptors (Lipinski definition) is 16. The first-order valence-electron chi connectivity index (χ1n) is 10.9. The molecule has 0 radical (unpaired) electrons. The molecule has 27 heteroatoms. The van der Waals surface area contributed by atoms with E-state index in [2.05, 4.69) is 43.1 Å².